The zero-order chi connectivity index (χ0) is 15.7. The SMILES string of the molecule is Cc1ncsc1CN1CC2(C1)OCC[C@@H]2COc1ccccn1. The molecule has 2 aliphatic heterocycles. The van der Waals surface area contributed by atoms with Gasteiger partial charge < -0.3 is 9.47 Å². The van der Waals surface area contributed by atoms with E-state index in [-0.39, 0.29) is 5.60 Å². The van der Waals surface area contributed by atoms with Crippen molar-refractivity contribution in [2.75, 3.05) is 26.3 Å². The van der Waals surface area contributed by atoms with Crippen molar-refractivity contribution < 1.29 is 9.47 Å². The molecule has 2 aromatic rings. The van der Waals surface area contributed by atoms with E-state index in [1.807, 2.05) is 23.7 Å². The Hall–Kier alpha value is -1.50. The molecule has 6 heteroatoms. The number of hydrogen-bond acceptors (Lipinski definition) is 6. The zero-order valence-corrected chi connectivity index (χ0v) is 14.1. The highest BCUT2D eigenvalue weighted by Gasteiger charge is 2.53. The molecule has 0 aromatic carbocycles. The second-order valence-corrected chi connectivity index (χ2v) is 7.32. The Labute approximate surface area is 140 Å². The van der Waals surface area contributed by atoms with Gasteiger partial charge in [-0.25, -0.2) is 9.97 Å². The van der Waals surface area contributed by atoms with Crippen molar-refractivity contribution in [3.63, 3.8) is 0 Å². The van der Waals surface area contributed by atoms with Crippen LogP contribution in [-0.4, -0.2) is 46.8 Å². The summed E-state index contributed by atoms with van der Waals surface area (Å²) < 4.78 is 12.0. The lowest BCUT2D eigenvalue weighted by molar-refractivity contribution is -0.140. The summed E-state index contributed by atoms with van der Waals surface area (Å²) in [7, 11) is 0. The Morgan fingerprint density at radius 3 is 3.04 bits per heavy atom. The Balaban J connectivity index is 1.33. The molecular formula is C17H21N3O2S. The van der Waals surface area contributed by atoms with Crippen LogP contribution in [0.1, 0.15) is 17.0 Å². The Bertz CT molecular complexity index is 655. The number of nitrogens with zero attached hydrogens (tertiary/aromatic N) is 3. The van der Waals surface area contributed by atoms with E-state index in [9.17, 15) is 0 Å². The molecule has 0 saturated carbocycles. The highest BCUT2D eigenvalue weighted by Crippen LogP contribution is 2.41. The second-order valence-electron chi connectivity index (χ2n) is 6.38. The molecule has 2 aromatic heterocycles. The number of aromatic nitrogens is 2. The van der Waals surface area contributed by atoms with Crippen LogP contribution in [0.4, 0.5) is 0 Å². The predicted molar refractivity (Wildman–Crippen MR) is 88.7 cm³/mol. The lowest BCUT2D eigenvalue weighted by Crippen LogP contribution is -2.64. The minimum Gasteiger partial charge on any atom is -0.477 e. The van der Waals surface area contributed by atoms with E-state index < -0.39 is 0 Å². The molecule has 0 aliphatic carbocycles. The van der Waals surface area contributed by atoms with Crippen LogP contribution in [0.3, 0.4) is 0 Å². The fraction of sp³-hybridized carbons (Fsp3) is 0.529. The van der Waals surface area contributed by atoms with Gasteiger partial charge >= 0.3 is 0 Å². The first-order valence-electron chi connectivity index (χ1n) is 8.04. The molecule has 0 bridgehead atoms. The van der Waals surface area contributed by atoms with E-state index in [0.29, 0.717) is 18.4 Å². The van der Waals surface area contributed by atoms with Gasteiger partial charge in [0, 0.05) is 49.3 Å². The van der Waals surface area contributed by atoms with Crippen LogP contribution in [0.25, 0.3) is 0 Å². The normalized spacial score (nSPS) is 23.1. The van der Waals surface area contributed by atoms with E-state index in [1.54, 1.807) is 17.5 Å². The largest absolute Gasteiger partial charge is 0.477 e. The number of pyridine rings is 1. The molecule has 1 spiro atoms. The summed E-state index contributed by atoms with van der Waals surface area (Å²) in [5.41, 5.74) is 3.06. The van der Waals surface area contributed by atoms with E-state index in [0.717, 1.165) is 38.4 Å². The smallest absolute Gasteiger partial charge is 0.213 e. The molecule has 122 valence electrons. The van der Waals surface area contributed by atoms with Gasteiger partial charge in [-0.1, -0.05) is 6.07 Å². The molecule has 4 rings (SSSR count). The number of rotatable bonds is 5. The first kappa shape index (κ1) is 15.1. The molecule has 0 N–H and O–H groups in total. The predicted octanol–water partition coefficient (Wildman–Crippen LogP) is 2.52. The van der Waals surface area contributed by atoms with Crippen LogP contribution in [-0.2, 0) is 11.3 Å². The van der Waals surface area contributed by atoms with E-state index in [1.165, 1.54) is 4.88 Å². The van der Waals surface area contributed by atoms with Crippen LogP contribution in [0.5, 0.6) is 5.88 Å². The maximum absolute atomic E-state index is 6.10. The van der Waals surface area contributed by atoms with Crippen molar-refractivity contribution in [3.8, 4) is 5.88 Å². The zero-order valence-electron chi connectivity index (χ0n) is 13.3. The average Bonchev–Trinajstić information content (AvgIpc) is 3.13. The first-order valence-corrected chi connectivity index (χ1v) is 8.92. The molecule has 23 heavy (non-hydrogen) atoms. The Morgan fingerprint density at radius 2 is 2.30 bits per heavy atom. The number of thiazole rings is 1. The fourth-order valence-corrected chi connectivity index (χ4v) is 4.31. The van der Waals surface area contributed by atoms with Gasteiger partial charge in [0.1, 0.15) is 0 Å². The fourth-order valence-electron chi connectivity index (χ4n) is 3.49. The van der Waals surface area contributed by atoms with Gasteiger partial charge in [0.25, 0.3) is 0 Å². The third-order valence-electron chi connectivity index (χ3n) is 4.86. The van der Waals surface area contributed by atoms with Gasteiger partial charge in [-0.3, -0.25) is 4.90 Å². The van der Waals surface area contributed by atoms with Crippen molar-refractivity contribution in [2.24, 2.45) is 5.92 Å². The van der Waals surface area contributed by atoms with Crippen LogP contribution in [0.2, 0.25) is 0 Å². The summed E-state index contributed by atoms with van der Waals surface area (Å²) in [5.74, 6) is 1.15. The molecule has 2 aliphatic rings. The molecule has 0 amide bonds. The molecule has 0 radical (unpaired) electrons. The van der Waals surface area contributed by atoms with Crippen LogP contribution < -0.4 is 4.74 Å². The van der Waals surface area contributed by atoms with Gasteiger partial charge in [0.15, 0.2) is 0 Å². The molecule has 5 nitrogen and oxygen atoms in total. The van der Waals surface area contributed by atoms with Gasteiger partial charge in [0.2, 0.25) is 5.88 Å². The maximum Gasteiger partial charge on any atom is 0.213 e. The summed E-state index contributed by atoms with van der Waals surface area (Å²) in [6.45, 7) is 6.56. The monoisotopic (exact) mass is 331 g/mol. The van der Waals surface area contributed by atoms with E-state index in [2.05, 4.69) is 21.8 Å². The lowest BCUT2D eigenvalue weighted by atomic mass is 9.81. The third-order valence-corrected chi connectivity index (χ3v) is 5.78. The minimum absolute atomic E-state index is 0.0205. The first-order chi connectivity index (χ1) is 11.3. The van der Waals surface area contributed by atoms with E-state index in [4.69, 9.17) is 9.47 Å². The van der Waals surface area contributed by atoms with Crippen molar-refractivity contribution >= 4 is 11.3 Å². The van der Waals surface area contributed by atoms with Gasteiger partial charge in [-0.15, -0.1) is 11.3 Å². The molecule has 4 heterocycles. The van der Waals surface area contributed by atoms with Gasteiger partial charge in [-0.2, -0.15) is 0 Å². The van der Waals surface area contributed by atoms with Gasteiger partial charge in [0.05, 0.1) is 23.4 Å². The second kappa shape index (κ2) is 6.19. The van der Waals surface area contributed by atoms with Crippen LogP contribution in [0.15, 0.2) is 29.9 Å². The number of aryl methyl sites for hydroxylation is 1. The third kappa shape index (κ3) is 2.98. The minimum atomic E-state index is -0.0205. The van der Waals surface area contributed by atoms with Crippen molar-refractivity contribution in [1.29, 1.82) is 0 Å². The summed E-state index contributed by atoms with van der Waals surface area (Å²) in [6.07, 6.45) is 2.83. The van der Waals surface area contributed by atoms with Crippen molar-refractivity contribution in [3.05, 3.63) is 40.5 Å². The number of ether oxygens (including phenoxy) is 2. The Morgan fingerprint density at radius 1 is 1.39 bits per heavy atom. The van der Waals surface area contributed by atoms with Gasteiger partial charge in [-0.05, 0) is 19.4 Å². The van der Waals surface area contributed by atoms with Crippen molar-refractivity contribution in [1.82, 2.24) is 14.9 Å². The Kier molecular flexibility index (Phi) is 4.05. The standard InChI is InChI=1S/C17H21N3O2S/c1-13-15(23-12-19-13)8-20-10-17(11-20)14(5-7-22-17)9-21-16-4-2-3-6-18-16/h2-4,6,12,14H,5,7-11H2,1H3/t14-/m1/s1. The highest BCUT2D eigenvalue weighted by molar-refractivity contribution is 7.09. The van der Waals surface area contributed by atoms with Crippen LogP contribution in [0, 0.1) is 12.8 Å². The molecule has 0 unspecified atom stereocenters. The summed E-state index contributed by atoms with van der Waals surface area (Å²) in [4.78, 5) is 12.4. The highest BCUT2D eigenvalue weighted by atomic mass is 32.1. The number of hydrogen-bond donors (Lipinski definition) is 0. The van der Waals surface area contributed by atoms with Crippen LogP contribution >= 0.6 is 11.3 Å². The molecule has 2 saturated heterocycles. The average molecular weight is 331 g/mol. The molecule has 2 fully saturated rings. The molecular weight excluding hydrogens is 310 g/mol. The summed E-state index contributed by atoms with van der Waals surface area (Å²) in [5, 5.41) is 0. The number of likely N-dealkylation sites (tertiary alicyclic amines) is 1. The quantitative estimate of drug-likeness (QED) is 0.842. The maximum atomic E-state index is 6.10. The molecule has 1 atom stereocenters. The summed E-state index contributed by atoms with van der Waals surface area (Å²) in [6, 6.07) is 5.76. The lowest BCUT2D eigenvalue weighted by Gasteiger charge is -2.50. The van der Waals surface area contributed by atoms with E-state index >= 15 is 0 Å². The van der Waals surface area contributed by atoms with Crippen molar-refractivity contribution in [2.45, 2.75) is 25.5 Å². The summed E-state index contributed by atoms with van der Waals surface area (Å²) >= 11 is 1.74. The topological polar surface area (TPSA) is 47.5 Å².